The molecule has 0 radical (unpaired) electrons. The fourth-order valence-corrected chi connectivity index (χ4v) is 4.18. The number of hydrogen-bond acceptors (Lipinski definition) is 6. The molecule has 4 heterocycles. The first-order chi connectivity index (χ1) is 13.4. The van der Waals surface area contributed by atoms with Gasteiger partial charge in [-0.1, -0.05) is 0 Å². The Kier molecular flexibility index (Phi) is 6.37. The number of nitrogens with one attached hydrogen (secondary N) is 1. The van der Waals surface area contributed by atoms with E-state index in [9.17, 15) is 14.4 Å². The number of carbonyl (C=O) groups excluding carboxylic acids is 1. The van der Waals surface area contributed by atoms with E-state index in [1.165, 1.54) is 25.9 Å². The maximum atomic E-state index is 12.4. The third-order valence-corrected chi connectivity index (χ3v) is 5.74. The number of amides is 1. The Morgan fingerprint density at radius 2 is 1.82 bits per heavy atom. The van der Waals surface area contributed by atoms with Crippen molar-refractivity contribution in [1.29, 1.82) is 0 Å². The number of piperidine rings is 3. The van der Waals surface area contributed by atoms with Gasteiger partial charge in [0, 0.05) is 30.3 Å². The summed E-state index contributed by atoms with van der Waals surface area (Å²) < 4.78 is 1.13. The van der Waals surface area contributed by atoms with Crippen LogP contribution in [0.5, 0.6) is 0 Å². The smallest absolute Gasteiger partial charge is 0.328 e. The van der Waals surface area contributed by atoms with Gasteiger partial charge in [-0.25, -0.2) is 14.6 Å². The van der Waals surface area contributed by atoms with Gasteiger partial charge in [0.15, 0.2) is 0 Å². The third kappa shape index (κ3) is 5.14. The summed E-state index contributed by atoms with van der Waals surface area (Å²) in [6.45, 7) is 3.40. The Bertz CT molecular complexity index is 886. The molecule has 5 rings (SSSR count). The summed E-state index contributed by atoms with van der Waals surface area (Å²) in [7, 11) is 0. The van der Waals surface area contributed by atoms with Gasteiger partial charge in [-0.15, -0.1) is 11.3 Å². The van der Waals surface area contributed by atoms with Crippen molar-refractivity contribution in [2.24, 2.45) is 5.92 Å². The second kappa shape index (κ2) is 8.94. The number of hydrogen-bond donors (Lipinski definition) is 3. The van der Waals surface area contributed by atoms with Gasteiger partial charge in [-0.05, 0) is 50.0 Å². The highest BCUT2D eigenvalue weighted by Gasteiger charge is 2.34. The molecular formula is C19H21N3O5S. The minimum absolute atomic E-state index is 0.0404. The summed E-state index contributed by atoms with van der Waals surface area (Å²) in [5, 5.41) is 18.8. The Balaban J connectivity index is 0.000000242. The van der Waals surface area contributed by atoms with E-state index in [2.05, 4.69) is 15.2 Å². The number of fused-ring (bicyclic) bond motifs is 4. The van der Waals surface area contributed by atoms with E-state index in [1.807, 2.05) is 23.7 Å². The van der Waals surface area contributed by atoms with Crippen molar-refractivity contribution >= 4 is 39.4 Å². The van der Waals surface area contributed by atoms with Gasteiger partial charge in [-0.3, -0.25) is 4.79 Å². The Morgan fingerprint density at radius 3 is 2.39 bits per heavy atom. The van der Waals surface area contributed by atoms with Crippen LogP contribution < -0.4 is 5.32 Å². The fraction of sp³-hybridized carbons (Fsp3) is 0.368. The lowest BCUT2D eigenvalue weighted by Gasteiger charge is -2.44. The summed E-state index contributed by atoms with van der Waals surface area (Å²) >= 11 is 1.60. The molecule has 28 heavy (non-hydrogen) atoms. The first-order valence-electron chi connectivity index (χ1n) is 8.93. The Labute approximate surface area is 165 Å². The average Bonchev–Trinajstić information content (AvgIpc) is 3.15. The van der Waals surface area contributed by atoms with E-state index in [0.29, 0.717) is 24.1 Å². The van der Waals surface area contributed by atoms with Crippen LogP contribution in [0.15, 0.2) is 35.9 Å². The van der Waals surface area contributed by atoms with Crippen LogP contribution in [-0.4, -0.2) is 63.6 Å². The highest BCUT2D eigenvalue weighted by Crippen LogP contribution is 2.28. The zero-order valence-corrected chi connectivity index (χ0v) is 15.9. The summed E-state index contributed by atoms with van der Waals surface area (Å²) in [5.41, 5.74) is 3.45. The molecule has 8 nitrogen and oxygen atoms in total. The highest BCUT2D eigenvalue weighted by atomic mass is 32.1. The van der Waals surface area contributed by atoms with Crippen LogP contribution in [0.2, 0.25) is 0 Å². The second-order valence-electron chi connectivity index (χ2n) is 6.76. The topological polar surface area (TPSA) is 120 Å². The molecule has 3 N–H and O–H groups in total. The highest BCUT2D eigenvalue weighted by molar-refractivity contribution is 7.16. The van der Waals surface area contributed by atoms with Gasteiger partial charge < -0.3 is 20.4 Å². The lowest BCUT2D eigenvalue weighted by Crippen LogP contribution is -2.57. The summed E-state index contributed by atoms with van der Waals surface area (Å²) in [6.07, 6.45) is 3.55. The molecule has 2 aromatic rings. The third-order valence-electron chi connectivity index (χ3n) is 4.93. The number of carboxylic acids is 2. The van der Waals surface area contributed by atoms with E-state index in [4.69, 9.17) is 10.2 Å². The minimum atomic E-state index is -1.26. The Hall–Kier alpha value is -2.78. The average molecular weight is 403 g/mol. The number of aliphatic carboxylic acids is 2. The lowest BCUT2D eigenvalue weighted by atomic mass is 9.84. The Morgan fingerprint density at radius 1 is 1.14 bits per heavy atom. The molecule has 1 atom stereocenters. The number of benzene rings is 1. The van der Waals surface area contributed by atoms with Crippen molar-refractivity contribution in [3.8, 4) is 0 Å². The van der Waals surface area contributed by atoms with Crippen molar-refractivity contribution in [2.45, 2.75) is 18.9 Å². The maximum Gasteiger partial charge on any atom is 0.328 e. The molecule has 3 fully saturated rings. The zero-order chi connectivity index (χ0) is 20.1. The quantitative estimate of drug-likeness (QED) is 0.666. The molecule has 3 saturated heterocycles. The van der Waals surface area contributed by atoms with Crippen molar-refractivity contribution in [3.63, 3.8) is 0 Å². The van der Waals surface area contributed by atoms with Crippen LogP contribution in [0, 0.1) is 5.92 Å². The monoisotopic (exact) mass is 403 g/mol. The van der Waals surface area contributed by atoms with Crippen LogP contribution in [-0.2, 0) is 9.59 Å². The molecule has 148 valence electrons. The largest absolute Gasteiger partial charge is 0.478 e. The van der Waals surface area contributed by atoms with Gasteiger partial charge in [0.1, 0.15) is 0 Å². The molecule has 1 aromatic heterocycles. The molecule has 9 heteroatoms. The van der Waals surface area contributed by atoms with Crippen molar-refractivity contribution in [1.82, 2.24) is 15.2 Å². The fourth-order valence-electron chi connectivity index (χ4n) is 3.52. The number of carboxylic acid groups (broad SMARTS) is 2. The molecule has 2 bridgehead atoms. The van der Waals surface area contributed by atoms with Gasteiger partial charge in [-0.2, -0.15) is 0 Å². The van der Waals surface area contributed by atoms with E-state index in [-0.39, 0.29) is 5.91 Å². The van der Waals surface area contributed by atoms with Crippen molar-refractivity contribution in [2.75, 3.05) is 19.6 Å². The maximum absolute atomic E-state index is 12.4. The van der Waals surface area contributed by atoms with E-state index >= 15 is 0 Å². The lowest BCUT2D eigenvalue weighted by molar-refractivity contribution is -0.134. The molecule has 0 aliphatic carbocycles. The molecule has 1 aromatic carbocycles. The normalized spacial score (nSPS) is 23.2. The van der Waals surface area contributed by atoms with Crippen LogP contribution in [0.3, 0.4) is 0 Å². The summed E-state index contributed by atoms with van der Waals surface area (Å²) in [4.78, 5) is 38.2. The molecule has 0 unspecified atom stereocenters. The van der Waals surface area contributed by atoms with Gasteiger partial charge in [0.2, 0.25) is 0 Å². The molecule has 3 aliphatic rings. The van der Waals surface area contributed by atoms with Gasteiger partial charge in [0.05, 0.1) is 15.7 Å². The van der Waals surface area contributed by atoms with E-state index in [0.717, 1.165) is 22.3 Å². The van der Waals surface area contributed by atoms with Crippen LogP contribution in [0.1, 0.15) is 23.2 Å². The molecule has 1 amide bonds. The zero-order valence-electron chi connectivity index (χ0n) is 15.1. The van der Waals surface area contributed by atoms with Gasteiger partial charge >= 0.3 is 11.9 Å². The summed E-state index contributed by atoms with van der Waals surface area (Å²) in [6, 6.07) is 6.09. The van der Waals surface area contributed by atoms with Crippen LogP contribution >= 0.6 is 11.3 Å². The predicted molar refractivity (Wildman–Crippen MR) is 104 cm³/mol. The number of thiazole rings is 1. The number of nitrogens with zero attached hydrogens (tertiary/aromatic N) is 2. The van der Waals surface area contributed by atoms with E-state index < -0.39 is 11.9 Å². The standard InChI is InChI=1S/C15H17N3OS.C4H4O4/c19-15(11-1-2-14-12(7-11)16-9-20-14)17-13-8-18-5-3-10(13)4-6-18;5-3(6)1-2-4(7)8/h1-2,7,9-10,13H,3-6,8H2,(H,17,19);1-2H,(H,5,6)(H,7,8)/t13-;/m0./s1. The first kappa shape index (κ1) is 20.0. The van der Waals surface area contributed by atoms with Crippen LogP contribution in [0.4, 0.5) is 0 Å². The SMILES string of the molecule is O=C(N[C@H]1CN2CCC1CC2)c1ccc2scnc2c1.O=C(O)C=CC(=O)O. The van der Waals surface area contributed by atoms with Gasteiger partial charge in [0.25, 0.3) is 5.91 Å². The summed E-state index contributed by atoms with van der Waals surface area (Å²) in [5.74, 6) is -1.81. The second-order valence-corrected chi connectivity index (χ2v) is 7.65. The molecule has 3 aliphatic heterocycles. The number of carbonyl (C=O) groups is 3. The van der Waals surface area contributed by atoms with E-state index in [1.54, 1.807) is 11.3 Å². The first-order valence-corrected chi connectivity index (χ1v) is 9.81. The number of rotatable bonds is 4. The number of aromatic nitrogens is 1. The molecule has 0 spiro atoms. The van der Waals surface area contributed by atoms with Crippen molar-refractivity contribution in [3.05, 3.63) is 41.4 Å². The molecule has 0 saturated carbocycles. The predicted octanol–water partition coefficient (Wildman–Crippen LogP) is 1.83. The van der Waals surface area contributed by atoms with Crippen molar-refractivity contribution < 1.29 is 24.6 Å². The molecular weight excluding hydrogens is 382 g/mol. The minimum Gasteiger partial charge on any atom is -0.478 e. The van der Waals surface area contributed by atoms with Crippen LogP contribution in [0.25, 0.3) is 10.2 Å².